The molecule has 8 nitrogen and oxygen atoms in total. The zero-order valence-electron chi connectivity index (χ0n) is 16.1. The summed E-state index contributed by atoms with van der Waals surface area (Å²) in [5.41, 5.74) is 0. The molecule has 1 saturated carbocycles. The second kappa shape index (κ2) is 9.88. The average molecular weight is 444 g/mol. The Morgan fingerprint density at radius 1 is 1.07 bits per heavy atom. The lowest BCUT2D eigenvalue weighted by atomic mass is 9.95. The molecule has 0 aromatic heterocycles. The second-order valence-electron chi connectivity index (χ2n) is 7.27. The average Bonchev–Trinajstić information content (AvgIpc) is 2.73. The fourth-order valence-corrected chi connectivity index (χ4v) is 5.29. The summed E-state index contributed by atoms with van der Waals surface area (Å²) in [5, 5.41) is 5.68. The molecule has 1 aromatic rings. The fraction of sp³-hybridized carbons (Fsp3) is 0.579. The maximum absolute atomic E-state index is 13.0. The third-order valence-corrected chi connectivity index (χ3v) is 7.31. The third-order valence-electron chi connectivity index (χ3n) is 5.16. The Labute approximate surface area is 176 Å². The number of hydrogen-bond donors (Lipinski definition) is 2. The molecule has 160 valence electrons. The van der Waals surface area contributed by atoms with Gasteiger partial charge in [0.2, 0.25) is 10.0 Å². The van der Waals surface area contributed by atoms with Gasteiger partial charge in [0, 0.05) is 17.6 Å². The molecule has 1 saturated heterocycles. The van der Waals surface area contributed by atoms with Gasteiger partial charge in [-0.2, -0.15) is 4.31 Å². The van der Waals surface area contributed by atoms with Gasteiger partial charge in [0.25, 0.3) is 0 Å². The molecule has 2 fully saturated rings. The summed E-state index contributed by atoms with van der Waals surface area (Å²) in [5.74, 6) is -1.48. The van der Waals surface area contributed by atoms with Crippen LogP contribution in [-0.4, -0.2) is 56.5 Å². The Balaban J connectivity index is 1.60. The Bertz CT molecular complexity index is 825. The topological polar surface area (TPSA) is 105 Å². The molecule has 3 rings (SSSR count). The highest BCUT2D eigenvalue weighted by molar-refractivity contribution is 7.89. The highest BCUT2D eigenvalue weighted by Crippen LogP contribution is 2.23. The molecule has 1 aliphatic carbocycles. The Morgan fingerprint density at radius 3 is 2.45 bits per heavy atom. The number of carbonyl (C=O) groups excluding carboxylic acids is 2. The number of rotatable bonds is 5. The van der Waals surface area contributed by atoms with Crippen molar-refractivity contribution in [1.82, 2.24) is 14.9 Å². The van der Waals surface area contributed by atoms with E-state index >= 15 is 0 Å². The van der Waals surface area contributed by atoms with Gasteiger partial charge in [-0.15, -0.1) is 0 Å². The van der Waals surface area contributed by atoms with Crippen LogP contribution in [0.4, 0.5) is 0 Å². The third kappa shape index (κ3) is 5.69. The summed E-state index contributed by atoms with van der Waals surface area (Å²) < 4.78 is 32.7. The molecule has 0 unspecified atom stereocenters. The van der Waals surface area contributed by atoms with Gasteiger partial charge in [-0.25, -0.2) is 8.42 Å². The summed E-state index contributed by atoms with van der Waals surface area (Å²) >= 11 is 5.84. The van der Waals surface area contributed by atoms with Crippen LogP contribution in [0.25, 0.3) is 0 Å². The van der Waals surface area contributed by atoms with Crippen LogP contribution in [0.5, 0.6) is 0 Å². The first kappa shape index (κ1) is 22.0. The van der Waals surface area contributed by atoms with Crippen LogP contribution >= 0.6 is 11.6 Å². The van der Waals surface area contributed by atoms with Crippen molar-refractivity contribution < 1.29 is 22.7 Å². The van der Waals surface area contributed by atoms with Gasteiger partial charge in [0.15, 0.2) is 0 Å². The van der Waals surface area contributed by atoms with Crippen LogP contribution in [0.3, 0.4) is 0 Å². The van der Waals surface area contributed by atoms with Crippen molar-refractivity contribution in [1.29, 1.82) is 0 Å². The van der Waals surface area contributed by atoms with Crippen molar-refractivity contribution in [2.45, 2.75) is 55.7 Å². The van der Waals surface area contributed by atoms with Gasteiger partial charge in [-0.1, -0.05) is 30.9 Å². The van der Waals surface area contributed by atoms with Crippen LogP contribution in [0, 0.1) is 0 Å². The van der Waals surface area contributed by atoms with Crippen molar-refractivity contribution in [2.24, 2.45) is 0 Å². The number of carbonyl (C=O) groups is 2. The van der Waals surface area contributed by atoms with Crippen molar-refractivity contribution in [3.8, 4) is 0 Å². The monoisotopic (exact) mass is 443 g/mol. The number of halogens is 1. The van der Waals surface area contributed by atoms with Crippen LogP contribution in [0.15, 0.2) is 29.2 Å². The molecule has 0 radical (unpaired) electrons. The van der Waals surface area contributed by atoms with E-state index in [1.54, 1.807) is 0 Å². The zero-order chi connectivity index (χ0) is 20.9. The Morgan fingerprint density at radius 2 is 1.76 bits per heavy atom. The first-order chi connectivity index (χ1) is 13.9. The van der Waals surface area contributed by atoms with Gasteiger partial charge in [-0.3, -0.25) is 9.59 Å². The number of ether oxygens (including phenoxy) is 1. The number of nitrogens with one attached hydrogen (secondary N) is 2. The molecule has 0 bridgehead atoms. The van der Waals surface area contributed by atoms with E-state index in [0.29, 0.717) is 18.1 Å². The minimum absolute atomic E-state index is 0.0229. The number of sulfonamides is 1. The predicted octanol–water partition coefficient (Wildman–Crippen LogP) is 1.64. The molecule has 10 heteroatoms. The molecule has 1 heterocycles. The molecule has 0 spiro atoms. The van der Waals surface area contributed by atoms with E-state index in [0.717, 1.165) is 32.1 Å². The number of nitrogens with zero attached hydrogens (tertiary/aromatic N) is 1. The van der Waals surface area contributed by atoms with E-state index in [4.69, 9.17) is 16.3 Å². The Hall–Kier alpha value is -1.68. The summed E-state index contributed by atoms with van der Waals surface area (Å²) in [7, 11) is -3.82. The largest absolute Gasteiger partial charge is 0.360 e. The van der Waals surface area contributed by atoms with Crippen molar-refractivity contribution in [3.63, 3.8) is 0 Å². The normalized spacial score (nSPS) is 21.5. The van der Waals surface area contributed by atoms with Gasteiger partial charge >= 0.3 is 11.8 Å². The van der Waals surface area contributed by atoms with Gasteiger partial charge in [0.1, 0.15) is 6.23 Å². The van der Waals surface area contributed by atoms with E-state index in [1.165, 1.54) is 28.6 Å². The summed E-state index contributed by atoms with van der Waals surface area (Å²) in [6, 6.07) is 5.89. The van der Waals surface area contributed by atoms with Crippen LogP contribution in [-0.2, 0) is 24.3 Å². The van der Waals surface area contributed by atoms with E-state index in [-0.39, 0.29) is 24.0 Å². The summed E-state index contributed by atoms with van der Waals surface area (Å²) in [4.78, 5) is 24.4. The maximum Gasteiger partial charge on any atom is 0.309 e. The predicted molar refractivity (Wildman–Crippen MR) is 108 cm³/mol. The first-order valence-electron chi connectivity index (χ1n) is 9.85. The van der Waals surface area contributed by atoms with Crippen LogP contribution < -0.4 is 10.6 Å². The van der Waals surface area contributed by atoms with E-state index in [9.17, 15) is 18.0 Å². The number of amides is 2. The lowest BCUT2D eigenvalue weighted by molar-refractivity contribution is -0.140. The Kier molecular flexibility index (Phi) is 7.50. The minimum atomic E-state index is -3.82. The molecular weight excluding hydrogens is 418 g/mol. The van der Waals surface area contributed by atoms with E-state index in [1.807, 2.05) is 0 Å². The highest BCUT2D eigenvalue weighted by Gasteiger charge is 2.35. The molecule has 2 amide bonds. The lowest BCUT2D eigenvalue weighted by Crippen LogP contribution is -2.53. The number of benzene rings is 1. The molecule has 1 aliphatic heterocycles. The van der Waals surface area contributed by atoms with Crippen LogP contribution in [0.2, 0.25) is 5.02 Å². The lowest BCUT2D eigenvalue weighted by Gasteiger charge is -2.34. The summed E-state index contributed by atoms with van der Waals surface area (Å²) in [6.07, 6.45) is 4.64. The van der Waals surface area contributed by atoms with Gasteiger partial charge < -0.3 is 15.4 Å². The first-order valence-corrected chi connectivity index (χ1v) is 11.7. The van der Waals surface area contributed by atoms with E-state index in [2.05, 4.69) is 10.6 Å². The minimum Gasteiger partial charge on any atom is -0.360 e. The summed E-state index contributed by atoms with van der Waals surface area (Å²) in [6.45, 7) is 0.533. The molecule has 29 heavy (non-hydrogen) atoms. The quantitative estimate of drug-likeness (QED) is 0.673. The molecular formula is C19H26ClN3O5S. The molecule has 1 aromatic carbocycles. The smallest absolute Gasteiger partial charge is 0.309 e. The molecule has 2 N–H and O–H groups in total. The zero-order valence-corrected chi connectivity index (χ0v) is 17.7. The van der Waals surface area contributed by atoms with Gasteiger partial charge in [-0.05, 0) is 43.5 Å². The van der Waals surface area contributed by atoms with E-state index < -0.39 is 28.1 Å². The maximum atomic E-state index is 13.0. The van der Waals surface area contributed by atoms with Crippen molar-refractivity contribution >= 4 is 33.4 Å². The molecule has 2 aliphatic rings. The number of hydrogen-bond acceptors (Lipinski definition) is 5. The molecule has 1 atom stereocenters. The SMILES string of the molecule is O=C(NC[C@H]1OCCCN1S(=O)(=O)c1ccc(Cl)cc1)C(=O)NC1CCCCC1. The second-order valence-corrected chi connectivity index (χ2v) is 9.59. The van der Waals surface area contributed by atoms with Crippen LogP contribution in [0.1, 0.15) is 38.5 Å². The fourth-order valence-electron chi connectivity index (χ4n) is 3.60. The highest BCUT2D eigenvalue weighted by atomic mass is 35.5. The van der Waals surface area contributed by atoms with Crippen molar-refractivity contribution in [2.75, 3.05) is 19.7 Å². The van der Waals surface area contributed by atoms with Gasteiger partial charge in [0.05, 0.1) is 18.0 Å². The standard InChI is InChI=1S/C19H26ClN3O5S/c20-14-7-9-16(10-8-14)29(26,27)23-11-4-12-28-17(23)13-21-18(24)19(25)22-15-5-2-1-3-6-15/h7-10,15,17H,1-6,11-13H2,(H,21,24)(H,22,25)/t17-/m1/s1. The van der Waals surface area contributed by atoms with Crippen molar-refractivity contribution in [3.05, 3.63) is 29.3 Å².